The topological polar surface area (TPSA) is 122 Å². The minimum absolute atomic E-state index is 0.0499. The van der Waals surface area contributed by atoms with Crippen molar-refractivity contribution in [3.8, 4) is 0 Å². The van der Waals surface area contributed by atoms with Crippen LogP contribution in [0.15, 0.2) is 0 Å². The first-order chi connectivity index (χ1) is 6.37. The molecule has 0 aliphatic rings. The van der Waals surface area contributed by atoms with Gasteiger partial charge in [-0.3, -0.25) is 9.32 Å². The molecule has 0 aromatic carbocycles. The number of hydrogen-bond acceptors (Lipinski definition) is 4. The van der Waals surface area contributed by atoms with E-state index in [1.54, 1.807) is 6.92 Å². The van der Waals surface area contributed by atoms with Crippen LogP contribution in [-0.4, -0.2) is 35.4 Å². The van der Waals surface area contributed by atoms with E-state index < -0.39 is 7.82 Å². The molecule has 0 aliphatic carbocycles. The first kappa shape index (κ1) is 13.5. The molecule has 0 spiro atoms. The highest BCUT2D eigenvalue weighted by Gasteiger charge is 2.14. The van der Waals surface area contributed by atoms with Gasteiger partial charge in [-0.15, -0.1) is 0 Å². The van der Waals surface area contributed by atoms with Crippen molar-refractivity contribution in [1.82, 2.24) is 5.32 Å². The summed E-state index contributed by atoms with van der Waals surface area (Å²) in [5.41, 5.74) is 5.23. The molecule has 0 aromatic rings. The Kier molecular flexibility index (Phi) is 5.90. The fourth-order valence-electron chi connectivity index (χ4n) is 0.620. The van der Waals surface area contributed by atoms with Gasteiger partial charge in [0.25, 0.3) is 0 Å². The highest BCUT2D eigenvalue weighted by molar-refractivity contribution is 7.46. The maximum absolute atomic E-state index is 11.1. The van der Waals surface area contributed by atoms with Gasteiger partial charge in [-0.05, 0) is 0 Å². The number of carbonyl (C=O) groups is 1. The van der Waals surface area contributed by atoms with Crippen molar-refractivity contribution < 1.29 is 23.7 Å². The normalized spacial score (nSPS) is 13.7. The number of nitrogens with one attached hydrogen (secondary N) is 1. The van der Waals surface area contributed by atoms with E-state index in [4.69, 9.17) is 15.5 Å². The highest BCUT2D eigenvalue weighted by Crippen LogP contribution is 2.34. The monoisotopic (exact) mass is 226 g/mol. The second-order valence-corrected chi connectivity index (χ2v) is 3.99. The molecular weight excluding hydrogens is 211 g/mol. The van der Waals surface area contributed by atoms with Crippen molar-refractivity contribution in [2.45, 2.75) is 6.92 Å². The average molecular weight is 226 g/mol. The van der Waals surface area contributed by atoms with Crippen molar-refractivity contribution in [2.24, 2.45) is 11.7 Å². The Hall–Kier alpha value is -0.460. The van der Waals surface area contributed by atoms with Crippen molar-refractivity contribution in [1.29, 1.82) is 0 Å². The van der Waals surface area contributed by atoms with Gasteiger partial charge in [0.2, 0.25) is 5.91 Å². The van der Waals surface area contributed by atoms with Crippen LogP contribution in [0.2, 0.25) is 0 Å². The Morgan fingerprint density at radius 2 is 2.21 bits per heavy atom. The zero-order chi connectivity index (χ0) is 11.2. The predicted molar refractivity (Wildman–Crippen MR) is 49.2 cm³/mol. The molecule has 8 heteroatoms. The Morgan fingerprint density at radius 1 is 1.64 bits per heavy atom. The summed E-state index contributed by atoms with van der Waals surface area (Å²) in [6, 6.07) is 0. The molecule has 0 aromatic heterocycles. The summed E-state index contributed by atoms with van der Waals surface area (Å²) in [7, 11) is -4.43. The Bertz CT molecular complexity index is 228. The zero-order valence-electron chi connectivity index (χ0n) is 7.84. The van der Waals surface area contributed by atoms with Crippen molar-refractivity contribution >= 4 is 13.7 Å². The van der Waals surface area contributed by atoms with E-state index in [-0.39, 0.29) is 31.5 Å². The van der Waals surface area contributed by atoms with Crippen LogP contribution in [0.3, 0.4) is 0 Å². The van der Waals surface area contributed by atoms with Crippen molar-refractivity contribution in [2.75, 3.05) is 19.7 Å². The fourth-order valence-corrected chi connectivity index (χ4v) is 0.949. The van der Waals surface area contributed by atoms with E-state index in [2.05, 4.69) is 9.84 Å². The largest absolute Gasteiger partial charge is 0.469 e. The van der Waals surface area contributed by atoms with Gasteiger partial charge in [-0.2, -0.15) is 0 Å². The van der Waals surface area contributed by atoms with Gasteiger partial charge >= 0.3 is 7.82 Å². The molecule has 0 bridgehead atoms. The average Bonchev–Trinajstić information content (AvgIpc) is 2.09. The van der Waals surface area contributed by atoms with Gasteiger partial charge in [0.05, 0.1) is 6.61 Å². The number of nitrogens with two attached hydrogens (primary N) is 1. The molecular formula is C6H15N2O5P. The predicted octanol–water partition coefficient (Wildman–Crippen LogP) is -1.19. The molecule has 0 rings (SSSR count). The summed E-state index contributed by atoms with van der Waals surface area (Å²) >= 11 is 0. The molecule has 5 N–H and O–H groups in total. The van der Waals surface area contributed by atoms with E-state index >= 15 is 0 Å². The van der Waals surface area contributed by atoms with E-state index in [0.717, 1.165) is 0 Å². The van der Waals surface area contributed by atoms with Crippen LogP contribution in [0.25, 0.3) is 0 Å². The molecule has 0 fully saturated rings. The van der Waals surface area contributed by atoms with Gasteiger partial charge in [-0.25, -0.2) is 4.57 Å². The molecule has 0 saturated carbocycles. The van der Waals surface area contributed by atoms with E-state index in [1.165, 1.54) is 0 Å². The highest BCUT2D eigenvalue weighted by atomic mass is 31.2. The van der Waals surface area contributed by atoms with Crippen LogP contribution >= 0.6 is 7.82 Å². The summed E-state index contributed by atoms with van der Waals surface area (Å²) in [5.74, 6) is -0.577. The van der Waals surface area contributed by atoms with Crippen LogP contribution in [0.5, 0.6) is 0 Å². The minimum Gasteiger partial charge on any atom is -0.353 e. The molecule has 1 amide bonds. The lowest BCUT2D eigenvalue weighted by atomic mass is 10.2. The molecule has 1 unspecified atom stereocenters. The number of hydrogen-bond donors (Lipinski definition) is 4. The third kappa shape index (κ3) is 6.99. The summed E-state index contributed by atoms with van der Waals surface area (Å²) in [4.78, 5) is 27.6. The molecule has 0 heterocycles. The summed E-state index contributed by atoms with van der Waals surface area (Å²) in [6.07, 6.45) is 0. The van der Waals surface area contributed by atoms with Gasteiger partial charge in [0.15, 0.2) is 0 Å². The third-order valence-corrected chi connectivity index (χ3v) is 1.98. The summed E-state index contributed by atoms with van der Waals surface area (Å²) in [5, 5.41) is 2.42. The second-order valence-electron chi connectivity index (χ2n) is 2.75. The lowest BCUT2D eigenvalue weighted by Crippen LogP contribution is -2.35. The van der Waals surface area contributed by atoms with E-state index in [1.807, 2.05) is 0 Å². The van der Waals surface area contributed by atoms with Crippen LogP contribution in [0.1, 0.15) is 6.92 Å². The lowest BCUT2D eigenvalue weighted by molar-refractivity contribution is -0.124. The number of phosphoric acid groups is 1. The number of amides is 1. The molecule has 0 radical (unpaired) electrons. The number of phosphoric ester groups is 1. The Labute approximate surface area is 81.9 Å². The molecule has 7 nitrogen and oxygen atoms in total. The molecule has 84 valence electrons. The van der Waals surface area contributed by atoms with E-state index in [9.17, 15) is 9.36 Å². The standard InChI is InChI=1S/C6H15N2O5P/c1-5(4-7)6(9)8-2-3-13-14(10,11)12/h5H,2-4,7H2,1H3,(H,8,9)(H2,10,11,12). The number of carbonyl (C=O) groups excluding carboxylic acids is 1. The summed E-state index contributed by atoms with van der Waals surface area (Å²) in [6.45, 7) is 1.70. The van der Waals surface area contributed by atoms with Gasteiger partial charge in [0, 0.05) is 19.0 Å². The SMILES string of the molecule is CC(CN)C(=O)NCCOP(=O)(O)O. The first-order valence-electron chi connectivity index (χ1n) is 4.04. The molecule has 0 saturated heterocycles. The van der Waals surface area contributed by atoms with Crippen LogP contribution < -0.4 is 11.1 Å². The molecule has 1 atom stereocenters. The first-order valence-corrected chi connectivity index (χ1v) is 5.57. The van der Waals surface area contributed by atoms with Gasteiger partial charge < -0.3 is 20.8 Å². The van der Waals surface area contributed by atoms with Crippen LogP contribution in [0.4, 0.5) is 0 Å². The van der Waals surface area contributed by atoms with Crippen LogP contribution in [0, 0.1) is 5.92 Å². The van der Waals surface area contributed by atoms with Gasteiger partial charge in [-0.1, -0.05) is 6.92 Å². The fraction of sp³-hybridized carbons (Fsp3) is 0.833. The van der Waals surface area contributed by atoms with Crippen molar-refractivity contribution in [3.05, 3.63) is 0 Å². The Balaban J connectivity index is 3.55. The lowest BCUT2D eigenvalue weighted by Gasteiger charge is -2.10. The second kappa shape index (κ2) is 6.10. The molecule has 0 aliphatic heterocycles. The van der Waals surface area contributed by atoms with E-state index in [0.29, 0.717) is 0 Å². The van der Waals surface area contributed by atoms with Crippen molar-refractivity contribution in [3.63, 3.8) is 0 Å². The number of rotatable bonds is 6. The van der Waals surface area contributed by atoms with Crippen LogP contribution in [-0.2, 0) is 13.9 Å². The maximum Gasteiger partial charge on any atom is 0.469 e. The molecule has 14 heavy (non-hydrogen) atoms. The van der Waals surface area contributed by atoms with Gasteiger partial charge in [0.1, 0.15) is 0 Å². The third-order valence-electron chi connectivity index (χ3n) is 1.46. The summed E-state index contributed by atoms with van der Waals surface area (Å²) < 4.78 is 14.3. The maximum atomic E-state index is 11.1. The smallest absolute Gasteiger partial charge is 0.353 e. The quantitative estimate of drug-likeness (QED) is 0.333. The Morgan fingerprint density at radius 3 is 2.64 bits per heavy atom. The zero-order valence-corrected chi connectivity index (χ0v) is 8.74. The minimum atomic E-state index is -4.43.